The molecule has 0 radical (unpaired) electrons. The van der Waals surface area contributed by atoms with Crippen molar-refractivity contribution in [1.29, 1.82) is 5.26 Å². The van der Waals surface area contributed by atoms with Gasteiger partial charge in [-0.25, -0.2) is 0 Å². The van der Waals surface area contributed by atoms with Crippen molar-refractivity contribution in [3.63, 3.8) is 0 Å². The molecule has 4 nitrogen and oxygen atoms in total. The minimum atomic E-state index is -1.40. The van der Waals surface area contributed by atoms with Gasteiger partial charge in [0.2, 0.25) is 5.60 Å². The number of carbonyl (C=O) groups is 1. The zero-order valence-corrected chi connectivity index (χ0v) is 17.1. The molecule has 1 aliphatic rings. The zero-order chi connectivity index (χ0) is 21.2. The molecule has 150 valence electrons. The topological polar surface area (TPSA) is 59.3 Å². The van der Waals surface area contributed by atoms with E-state index in [1.54, 1.807) is 24.3 Å². The lowest BCUT2D eigenvalue weighted by atomic mass is 9.66. The van der Waals surface area contributed by atoms with Crippen molar-refractivity contribution >= 4 is 5.97 Å². The Labute approximate surface area is 176 Å². The fourth-order valence-corrected chi connectivity index (χ4v) is 4.12. The summed E-state index contributed by atoms with van der Waals surface area (Å²) < 4.78 is 11.6. The summed E-state index contributed by atoms with van der Waals surface area (Å²) >= 11 is 0. The smallest absolute Gasteiger partial charge is 0.308 e. The van der Waals surface area contributed by atoms with Crippen molar-refractivity contribution in [1.82, 2.24) is 0 Å². The van der Waals surface area contributed by atoms with Crippen molar-refractivity contribution in [3.8, 4) is 17.6 Å². The average Bonchev–Trinajstić information content (AvgIpc) is 3.06. The summed E-state index contributed by atoms with van der Waals surface area (Å²) in [5.74, 6) is 1.01. The number of nitriles is 1. The van der Waals surface area contributed by atoms with E-state index >= 15 is 0 Å². The number of ether oxygens (including phenoxy) is 2. The normalized spacial score (nSPS) is 22.9. The van der Waals surface area contributed by atoms with E-state index in [1.165, 1.54) is 5.56 Å². The van der Waals surface area contributed by atoms with Gasteiger partial charge in [-0.1, -0.05) is 61.5 Å². The monoisotopic (exact) mass is 397 g/mol. The number of para-hydroxylation sites is 1. The van der Waals surface area contributed by atoms with Crippen LogP contribution in [0.4, 0.5) is 0 Å². The first-order valence-corrected chi connectivity index (χ1v) is 10.1. The number of rotatable bonds is 5. The van der Waals surface area contributed by atoms with Crippen molar-refractivity contribution in [2.24, 2.45) is 0 Å². The van der Waals surface area contributed by atoms with Gasteiger partial charge in [0, 0.05) is 5.56 Å². The highest BCUT2D eigenvalue weighted by atomic mass is 16.6. The second-order valence-corrected chi connectivity index (χ2v) is 7.77. The predicted octanol–water partition coefficient (Wildman–Crippen LogP) is 5.66. The summed E-state index contributed by atoms with van der Waals surface area (Å²) in [7, 11) is 0. The molecular formula is C26H23NO3. The molecule has 1 saturated heterocycles. The van der Waals surface area contributed by atoms with Crippen LogP contribution in [-0.4, -0.2) is 5.97 Å². The van der Waals surface area contributed by atoms with Crippen LogP contribution >= 0.6 is 0 Å². The number of hydrogen-bond donors (Lipinski definition) is 0. The molecule has 2 atom stereocenters. The van der Waals surface area contributed by atoms with Gasteiger partial charge in [0.25, 0.3) is 0 Å². The van der Waals surface area contributed by atoms with Gasteiger partial charge in [-0.15, -0.1) is 0 Å². The molecule has 0 aromatic heterocycles. The maximum atomic E-state index is 12.4. The number of nitrogens with zero attached hydrogens (tertiary/aromatic N) is 1. The van der Waals surface area contributed by atoms with Crippen LogP contribution in [0.2, 0.25) is 0 Å². The van der Waals surface area contributed by atoms with Gasteiger partial charge < -0.3 is 9.47 Å². The third kappa shape index (κ3) is 3.23. The summed E-state index contributed by atoms with van der Waals surface area (Å²) in [6.45, 7) is 4.02. The fraction of sp³-hybridized carbons (Fsp3) is 0.231. The van der Waals surface area contributed by atoms with E-state index in [0.717, 1.165) is 17.7 Å². The first kappa shape index (κ1) is 19.7. The third-order valence-electron chi connectivity index (χ3n) is 5.94. The van der Waals surface area contributed by atoms with Gasteiger partial charge in [-0.05, 0) is 48.7 Å². The molecule has 1 fully saturated rings. The molecule has 4 rings (SSSR count). The number of cyclic esters (lactones) is 1. The van der Waals surface area contributed by atoms with Crippen LogP contribution in [0, 0.1) is 11.3 Å². The van der Waals surface area contributed by atoms with Crippen LogP contribution in [-0.2, 0) is 27.0 Å². The average molecular weight is 397 g/mol. The van der Waals surface area contributed by atoms with Crippen LogP contribution in [0.5, 0.6) is 11.5 Å². The van der Waals surface area contributed by atoms with Gasteiger partial charge in [0.15, 0.2) is 0 Å². The number of carbonyl (C=O) groups excluding carboxylic acids is 1. The van der Waals surface area contributed by atoms with Crippen LogP contribution in [0.25, 0.3) is 0 Å². The van der Waals surface area contributed by atoms with Gasteiger partial charge in [-0.3, -0.25) is 4.79 Å². The van der Waals surface area contributed by atoms with Gasteiger partial charge in [-0.2, -0.15) is 5.26 Å². The van der Waals surface area contributed by atoms with E-state index in [4.69, 9.17) is 9.47 Å². The maximum absolute atomic E-state index is 12.4. The second-order valence-electron chi connectivity index (χ2n) is 7.77. The minimum absolute atomic E-state index is 0.147. The lowest BCUT2D eigenvalue weighted by Crippen LogP contribution is -2.42. The van der Waals surface area contributed by atoms with E-state index in [1.807, 2.05) is 61.5 Å². The largest absolute Gasteiger partial charge is 0.457 e. The predicted molar refractivity (Wildman–Crippen MR) is 114 cm³/mol. The molecule has 3 aromatic carbocycles. The Morgan fingerprint density at radius 1 is 0.933 bits per heavy atom. The van der Waals surface area contributed by atoms with Crippen molar-refractivity contribution < 1.29 is 14.3 Å². The van der Waals surface area contributed by atoms with Crippen LogP contribution in [0.3, 0.4) is 0 Å². The molecule has 4 heteroatoms. The summed E-state index contributed by atoms with van der Waals surface area (Å²) in [4.78, 5) is 12.4. The Kier molecular flexibility index (Phi) is 5.05. The lowest BCUT2D eigenvalue weighted by Gasteiger charge is -2.36. The van der Waals surface area contributed by atoms with E-state index in [2.05, 4.69) is 13.0 Å². The Hall–Kier alpha value is -3.58. The van der Waals surface area contributed by atoms with E-state index in [9.17, 15) is 10.1 Å². The molecule has 0 amide bonds. The van der Waals surface area contributed by atoms with Crippen molar-refractivity contribution in [3.05, 3.63) is 95.6 Å². The highest BCUT2D eigenvalue weighted by Gasteiger charge is 2.60. The Balaban J connectivity index is 1.71. The van der Waals surface area contributed by atoms with E-state index in [-0.39, 0.29) is 12.4 Å². The molecule has 0 spiro atoms. The van der Waals surface area contributed by atoms with Crippen molar-refractivity contribution in [2.75, 3.05) is 0 Å². The SMILES string of the molecule is CCc1ccc(C2(C)CC(=O)O[C@@]2(C#N)c2ccc(Oc3ccccc3)cc2)cc1. The van der Waals surface area contributed by atoms with Crippen molar-refractivity contribution in [2.45, 2.75) is 37.7 Å². The second kappa shape index (κ2) is 7.68. The molecule has 1 heterocycles. The molecule has 1 aliphatic heterocycles. The molecule has 0 aliphatic carbocycles. The molecule has 30 heavy (non-hydrogen) atoms. The minimum Gasteiger partial charge on any atom is -0.457 e. The maximum Gasteiger partial charge on any atom is 0.308 e. The fourth-order valence-electron chi connectivity index (χ4n) is 4.12. The number of aryl methyl sites for hydroxylation is 1. The highest BCUT2D eigenvalue weighted by molar-refractivity contribution is 5.77. The quantitative estimate of drug-likeness (QED) is 0.521. The summed E-state index contributed by atoms with van der Waals surface area (Å²) in [5.41, 5.74) is 0.559. The Bertz CT molecular complexity index is 1080. The molecular weight excluding hydrogens is 374 g/mol. The van der Waals surface area contributed by atoms with Crippen LogP contribution < -0.4 is 4.74 Å². The van der Waals surface area contributed by atoms with Gasteiger partial charge in [0.1, 0.15) is 17.6 Å². The standard InChI is InChI=1S/C26H23NO3/c1-3-19-9-11-20(12-10-19)25(2)17-24(28)30-26(25,18-27)21-13-15-23(16-14-21)29-22-7-5-4-6-8-22/h4-16H,3,17H2,1-2H3/t25?,26-/m0/s1. The number of benzene rings is 3. The first-order chi connectivity index (χ1) is 14.5. The molecule has 1 unspecified atom stereocenters. The summed E-state index contributed by atoms with van der Waals surface area (Å²) in [5, 5.41) is 10.2. The van der Waals surface area contributed by atoms with Crippen LogP contribution in [0.15, 0.2) is 78.9 Å². The zero-order valence-electron chi connectivity index (χ0n) is 17.1. The first-order valence-electron chi connectivity index (χ1n) is 10.1. The van der Waals surface area contributed by atoms with E-state index in [0.29, 0.717) is 11.3 Å². The van der Waals surface area contributed by atoms with Gasteiger partial charge >= 0.3 is 5.97 Å². The van der Waals surface area contributed by atoms with Crippen LogP contribution in [0.1, 0.15) is 37.0 Å². The Morgan fingerprint density at radius 3 is 2.13 bits per heavy atom. The highest BCUT2D eigenvalue weighted by Crippen LogP contribution is 2.52. The lowest BCUT2D eigenvalue weighted by molar-refractivity contribution is -0.146. The summed E-state index contributed by atoms with van der Waals surface area (Å²) in [6, 6.07) is 27.1. The molecule has 0 N–H and O–H groups in total. The molecule has 0 saturated carbocycles. The summed E-state index contributed by atoms with van der Waals surface area (Å²) in [6.07, 6.45) is 1.08. The third-order valence-corrected chi connectivity index (χ3v) is 5.94. The van der Waals surface area contributed by atoms with Gasteiger partial charge in [0.05, 0.1) is 11.8 Å². The molecule has 3 aromatic rings. The number of esters is 1. The Morgan fingerprint density at radius 2 is 1.53 bits per heavy atom. The molecule has 0 bridgehead atoms. The van der Waals surface area contributed by atoms with E-state index < -0.39 is 11.0 Å². The number of hydrogen-bond acceptors (Lipinski definition) is 4.